The second kappa shape index (κ2) is 5.41. The van der Waals surface area contributed by atoms with E-state index in [0.717, 1.165) is 0 Å². The van der Waals surface area contributed by atoms with Gasteiger partial charge in [0.15, 0.2) is 5.82 Å². The van der Waals surface area contributed by atoms with Crippen molar-refractivity contribution in [1.29, 1.82) is 0 Å². The molecule has 0 aliphatic carbocycles. The standard InChI is InChI=1S/C9H10FNO3.ClH/c1-13-6-4-3-5(9(12)14-2)7(10)8(6)11;/h3-4H,11H2,1-2H3;1H. The second-order valence-electron chi connectivity index (χ2n) is 2.53. The Balaban J connectivity index is 0.00000196. The van der Waals surface area contributed by atoms with Crippen LogP contribution >= 0.6 is 12.4 Å². The minimum atomic E-state index is -0.823. The summed E-state index contributed by atoms with van der Waals surface area (Å²) in [5, 5.41) is 0. The highest BCUT2D eigenvalue weighted by Crippen LogP contribution is 2.26. The van der Waals surface area contributed by atoms with Crippen LogP contribution in [0, 0.1) is 5.82 Å². The van der Waals surface area contributed by atoms with Gasteiger partial charge in [0, 0.05) is 0 Å². The summed E-state index contributed by atoms with van der Waals surface area (Å²) in [4.78, 5) is 11.0. The maximum absolute atomic E-state index is 13.4. The summed E-state index contributed by atoms with van der Waals surface area (Å²) in [6.07, 6.45) is 0. The van der Waals surface area contributed by atoms with Gasteiger partial charge in [0.25, 0.3) is 0 Å². The van der Waals surface area contributed by atoms with E-state index in [2.05, 4.69) is 4.74 Å². The van der Waals surface area contributed by atoms with Gasteiger partial charge >= 0.3 is 5.97 Å². The Labute approximate surface area is 92.6 Å². The molecular formula is C9H11ClFNO3. The molecule has 2 N–H and O–H groups in total. The number of esters is 1. The molecule has 4 nitrogen and oxygen atoms in total. The van der Waals surface area contributed by atoms with Crippen LogP contribution in [0.25, 0.3) is 0 Å². The van der Waals surface area contributed by atoms with Gasteiger partial charge in [0.05, 0.1) is 19.8 Å². The number of rotatable bonds is 2. The number of hydrogen-bond acceptors (Lipinski definition) is 4. The van der Waals surface area contributed by atoms with Gasteiger partial charge in [-0.15, -0.1) is 12.4 Å². The summed E-state index contributed by atoms with van der Waals surface area (Å²) >= 11 is 0. The molecule has 0 heterocycles. The number of nitrogens with two attached hydrogens (primary N) is 1. The predicted molar refractivity (Wildman–Crippen MR) is 56.0 cm³/mol. The third kappa shape index (κ3) is 2.50. The first kappa shape index (κ1) is 13.5. The van der Waals surface area contributed by atoms with Crippen LogP contribution in [0.3, 0.4) is 0 Å². The molecule has 1 rings (SSSR count). The quantitative estimate of drug-likeness (QED) is 0.625. The lowest BCUT2D eigenvalue weighted by molar-refractivity contribution is 0.0595. The van der Waals surface area contributed by atoms with Gasteiger partial charge in [-0.3, -0.25) is 0 Å². The molecule has 1 aromatic carbocycles. The minimum Gasteiger partial charge on any atom is -0.494 e. The van der Waals surface area contributed by atoms with Gasteiger partial charge in [-0.1, -0.05) is 0 Å². The molecule has 0 amide bonds. The van der Waals surface area contributed by atoms with Crippen LogP contribution < -0.4 is 10.5 Å². The largest absolute Gasteiger partial charge is 0.494 e. The molecule has 0 atom stereocenters. The van der Waals surface area contributed by atoms with Crippen LogP contribution in [-0.4, -0.2) is 20.2 Å². The highest BCUT2D eigenvalue weighted by molar-refractivity contribution is 5.91. The lowest BCUT2D eigenvalue weighted by atomic mass is 10.1. The predicted octanol–water partition coefficient (Wildman–Crippen LogP) is 1.62. The summed E-state index contributed by atoms with van der Waals surface area (Å²) in [7, 11) is 2.53. The highest BCUT2D eigenvalue weighted by Gasteiger charge is 2.17. The number of carbonyl (C=O) groups is 1. The SMILES string of the molecule is COC(=O)c1ccc(OC)c(N)c1F.Cl. The van der Waals surface area contributed by atoms with Crippen molar-refractivity contribution in [2.45, 2.75) is 0 Å². The lowest BCUT2D eigenvalue weighted by Gasteiger charge is -2.07. The van der Waals surface area contributed by atoms with E-state index >= 15 is 0 Å². The van der Waals surface area contributed by atoms with Crippen molar-refractivity contribution in [3.05, 3.63) is 23.5 Å². The number of methoxy groups -OCH3 is 2. The normalized spacial score (nSPS) is 9.00. The van der Waals surface area contributed by atoms with Gasteiger partial charge in [-0.25, -0.2) is 9.18 Å². The maximum Gasteiger partial charge on any atom is 0.340 e. The Hall–Kier alpha value is -1.49. The summed E-state index contributed by atoms with van der Waals surface area (Å²) in [5.41, 5.74) is 4.98. The van der Waals surface area contributed by atoms with E-state index in [-0.39, 0.29) is 29.4 Å². The van der Waals surface area contributed by atoms with Gasteiger partial charge in [-0.2, -0.15) is 0 Å². The summed E-state index contributed by atoms with van der Waals surface area (Å²) in [6, 6.07) is 2.67. The van der Waals surface area contributed by atoms with E-state index in [9.17, 15) is 9.18 Å². The molecule has 0 aromatic heterocycles. The van der Waals surface area contributed by atoms with Crippen molar-refractivity contribution < 1.29 is 18.7 Å². The van der Waals surface area contributed by atoms with Crippen LogP contribution in [0.15, 0.2) is 12.1 Å². The first-order valence-corrected chi connectivity index (χ1v) is 3.82. The van der Waals surface area contributed by atoms with Crippen LogP contribution in [0.4, 0.5) is 10.1 Å². The number of anilines is 1. The number of hydrogen-bond donors (Lipinski definition) is 1. The Morgan fingerprint density at radius 2 is 2.00 bits per heavy atom. The molecule has 0 unspecified atom stereocenters. The smallest absolute Gasteiger partial charge is 0.340 e. The fourth-order valence-corrected chi connectivity index (χ4v) is 1.02. The van der Waals surface area contributed by atoms with E-state index < -0.39 is 11.8 Å². The topological polar surface area (TPSA) is 61.5 Å². The fraction of sp³-hybridized carbons (Fsp3) is 0.222. The van der Waals surface area contributed by atoms with Crippen molar-refractivity contribution in [2.24, 2.45) is 0 Å². The van der Waals surface area contributed by atoms with E-state index in [4.69, 9.17) is 10.5 Å². The number of benzene rings is 1. The molecule has 0 radical (unpaired) electrons. The van der Waals surface area contributed by atoms with E-state index in [1.807, 2.05) is 0 Å². The lowest BCUT2D eigenvalue weighted by Crippen LogP contribution is -2.07. The Morgan fingerprint density at radius 1 is 1.40 bits per heavy atom. The van der Waals surface area contributed by atoms with Crippen LogP contribution in [0.1, 0.15) is 10.4 Å². The fourth-order valence-electron chi connectivity index (χ4n) is 1.02. The zero-order valence-electron chi connectivity index (χ0n) is 8.24. The molecule has 0 bridgehead atoms. The third-order valence-corrected chi connectivity index (χ3v) is 1.76. The number of halogens is 2. The third-order valence-electron chi connectivity index (χ3n) is 1.76. The zero-order valence-corrected chi connectivity index (χ0v) is 9.06. The Morgan fingerprint density at radius 3 is 2.47 bits per heavy atom. The highest BCUT2D eigenvalue weighted by atomic mass is 35.5. The molecule has 0 saturated carbocycles. The van der Waals surface area contributed by atoms with Crippen molar-refractivity contribution in [1.82, 2.24) is 0 Å². The van der Waals surface area contributed by atoms with Crippen molar-refractivity contribution in [3.8, 4) is 5.75 Å². The molecule has 84 valence electrons. The molecule has 6 heteroatoms. The molecule has 0 spiro atoms. The van der Waals surface area contributed by atoms with Gasteiger partial charge < -0.3 is 15.2 Å². The van der Waals surface area contributed by atoms with Crippen molar-refractivity contribution in [2.75, 3.05) is 20.0 Å². The summed E-state index contributed by atoms with van der Waals surface area (Å²) in [6.45, 7) is 0. The number of carbonyl (C=O) groups excluding carboxylic acids is 1. The molecule has 0 aliphatic rings. The monoisotopic (exact) mass is 235 g/mol. The second-order valence-corrected chi connectivity index (χ2v) is 2.53. The first-order chi connectivity index (χ1) is 6.61. The van der Waals surface area contributed by atoms with E-state index in [1.54, 1.807) is 0 Å². The summed E-state index contributed by atoms with van der Waals surface area (Å²) in [5.74, 6) is -1.40. The molecule has 0 saturated heterocycles. The van der Waals surface area contributed by atoms with E-state index in [0.29, 0.717) is 0 Å². The van der Waals surface area contributed by atoms with Gasteiger partial charge in [0.1, 0.15) is 11.4 Å². The van der Waals surface area contributed by atoms with Gasteiger partial charge in [0.2, 0.25) is 0 Å². The van der Waals surface area contributed by atoms with Crippen molar-refractivity contribution in [3.63, 3.8) is 0 Å². The van der Waals surface area contributed by atoms with Crippen LogP contribution in [-0.2, 0) is 4.74 Å². The molecular weight excluding hydrogens is 225 g/mol. The summed E-state index contributed by atoms with van der Waals surface area (Å²) < 4.78 is 22.5. The Bertz CT molecular complexity index is 371. The maximum atomic E-state index is 13.4. The average Bonchev–Trinajstić information content (AvgIpc) is 2.21. The van der Waals surface area contributed by atoms with Crippen LogP contribution in [0.2, 0.25) is 0 Å². The average molecular weight is 236 g/mol. The molecule has 0 fully saturated rings. The molecule has 15 heavy (non-hydrogen) atoms. The molecule has 1 aromatic rings. The van der Waals surface area contributed by atoms with Crippen LogP contribution in [0.5, 0.6) is 5.75 Å². The number of ether oxygens (including phenoxy) is 2. The molecule has 0 aliphatic heterocycles. The van der Waals surface area contributed by atoms with E-state index in [1.165, 1.54) is 26.4 Å². The first-order valence-electron chi connectivity index (χ1n) is 3.82. The Kier molecular flexibility index (Phi) is 4.87. The number of nitrogen functional groups attached to an aromatic ring is 1. The minimum absolute atomic E-state index is 0. The van der Waals surface area contributed by atoms with Gasteiger partial charge in [-0.05, 0) is 12.1 Å². The van der Waals surface area contributed by atoms with Crippen molar-refractivity contribution >= 4 is 24.1 Å². The zero-order chi connectivity index (χ0) is 10.7.